The number of likely N-dealkylation sites (tertiary alicyclic amines) is 1. The Balaban J connectivity index is 1.42. The number of H-pyrrole nitrogens is 1. The Morgan fingerprint density at radius 2 is 1.97 bits per heavy atom. The number of piperidine rings is 1. The lowest BCUT2D eigenvalue weighted by atomic mass is 10.1. The first-order valence-electron chi connectivity index (χ1n) is 10.2. The van der Waals surface area contributed by atoms with Gasteiger partial charge in [0.05, 0.1) is 10.5 Å². The molecule has 0 unspecified atom stereocenters. The molecular weight excluding hydrogens is 442 g/mol. The summed E-state index contributed by atoms with van der Waals surface area (Å²) in [6, 6.07) is 5.61. The number of fused-ring (bicyclic) bond motifs is 1. The molecule has 0 spiro atoms. The largest absolute Gasteiger partial charge is 0.461 e. The van der Waals surface area contributed by atoms with Gasteiger partial charge in [0.1, 0.15) is 23.6 Å². The molecule has 4 rings (SSSR count). The number of imidazole rings is 1. The number of nitrogens with zero attached hydrogens (tertiary/aromatic N) is 4. The molecule has 1 fully saturated rings. The van der Waals surface area contributed by atoms with Crippen LogP contribution < -0.4 is 10.1 Å². The van der Waals surface area contributed by atoms with Crippen LogP contribution in [-0.4, -0.2) is 64.1 Å². The summed E-state index contributed by atoms with van der Waals surface area (Å²) in [5, 5.41) is 3.14. The Morgan fingerprint density at radius 1 is 1.28 bits per heavy atom. The number of aromatic amines is 1. The molecule has 2 aromatic heterocycles. The van der Waals surface area contributed by atoms with E-state index in [1.54, 1.807) is 30.0 Å². The van der Waals surface area contributed by atoms with Gasteiger partial charge in [0.25, 0.3) is 6.01 Å². The van der Waals surface area contributed by atoms with E-state index in [1.165, 1.54) is 18.2 Å². The molecule has 1 aliphatic rings. The van der Waals surface area contributed by atoms with E-state index in [1.807, 2.05) is 0 Å². The molecule has 1 aromatic carbocycles. The molecule has 1 aliphatic heterocycles. The minimum absolute atomic E-state index is 0.0127. The van der Waals surface area contributed by atoms with E-state index >= 15 is 0 Å². The van der Waals surface area contributed by atoms with Crippen molar-refractivity contribution in [2.24, 2.45) is 0 Å². The predicted molar refractivity (Wildman–Crippen MR) is 117 cm³/mol. The van der Waals surface area contributed by atoms with Gasteiger partial charge in [0.2, 0.25) is 0 Å². The SMILES string of the molecule is CN(C)C(=O)N1CCC(Oc2nc3nc(NCc4c(F)cccc4F)c(Cl)cc3[nH]2)CC1. The first kappa shape index (κ1) is 22.1. The van der Waals surface area contributed by atoms with Crippen molar-refractivity contribution in [3.8, 4) is 6.01 Å². The number of amides is 2. The van der Waals surface area contributed by atoms with Gasteiger partial charge in [0.15, 0.2) is 5.65 Å². The van der Waals surface area contributed by atoms with Crippen molar-refractivity contribution in [2.45, 2.75) is 25.5 Å². The molecule has 11 heteroatoms. The number of hydrogen-bond acceptors (Lipinski definition) is 5. The average molecular weight is 465 g/mol. The second-order valence-corrected chi connectivity index (χ2v) is 8.17. The van der Waals surface area contributed by atoms with Crippen LogP contribution in [0.15, 0.2) is 24.3 Å². The molecule has 2 amide bonds. The summed E-state index contributed by atoms with van der Waals surface area (Å²) in [6.07, 6.45) is 1.29. The molecule has 1 saturated heterocycles. The van der Waals surface area contributed by atoms with Gasteiger partial charge in [-0.15, -0.1) is 0 Å². The first-order chi connectivity index (χ1) is 15.3. The maximum absolute atomic E-state index is 13.8. The number of ether oxygens (including phenoxy) is 1. The summed E-state index contributed by atoms with van der Waals surface area (Å²) in [4.78, 5) is 27.1. The predicted octanol–water partition coefficient (Wildman–Crippen LogP) is 4.03. The minimum Gasteiger partial charge on any atom is -0.461 e. The highest BCUT2D eigenvalue weighted by Gasteiger charge is 2.25. The van der Waals surface area contributed by atoms with E-state index < -0.39 is 11.6 Å². The van der Waals surface area contributed by atoms with Gasteiger partial charge in [-0.25, -0.2) is 18.6 Å². The third kappa shape index (κ3) is 4.69. The average Bonchev–Trinajstić information content (AvgIpc) is 3.14. The van der Waals surface area contributed by atoms with Gasteiger partial charge in [-0.05, 0) is 18.2 Å². The molecule has 2 N–H and O–H groups in total. The lowest BCUT2D eigenvalue weighted by Crippen LogP contribution is -2.46. The van der Waals surface area contributed by atoms with Crippen LogP contribution in [0.5, 0.6) is 6.01 Å². The maximum atomic E-state index is 13.8. The Bertz CT molecular complexity index is 1110. The fourth-order valence-electron chi connectivity index (χ4n) is 3.55. The summed E-state index contributed by atoms with van der Waals surface area (Å²) < 4.78 is 33.6. The number of hydrogen-bond donors (Lipinski definition) is 2. The summed E-state index contributed by atoms with van der Waals surface area (Å²) >= 11 is 6.28. The van der Waals surface area contributed by atoms with Crippen molar-refractivity contribution in [3.05, 3.63) is 46.5 Å². The Morgan fingerprint density at radius 3 is 2.62 bits per heavy atom. The first-order valence-corrected chi connectivity index (χ1v) is 10.6. The van der Waals surface area contributed by atoms with E-state index in [2.05, 4.69) is 20.3 Å². The fraction of sp³-hybridized carbons (Fsp3) is 0.381. The summed E-state index contributed by atoms with van der Waals surface area (Å²) in [5.41, 5.74) is 0.838. The van der Waals surface area contributed by atoms with Crippen molar-refractivity contribution in [1.82, 2.24) is 24.8 Å². The van der Waals surface area contributed by atoms with E-state index in [0.717, 1.165) is 0 Å². The Kier molecular flexibility index (Phi) is 6.31. The molecule has 8 nitrogen and oxygen atoms in total. The number of carbonyl (C=O) groups is 1. The number of rotatable bonds is 5. The number of pyridine rings is 1. The minimum atomic E-state index is -0.650. The number of urea groups is 1. The van der Waals surface area contributed by atoms with E-state index in [9.17, 15) is 13.6 Å². The van der Waals surface area contributed by atoms with E-state index in [4.69, 9.17) is 16.3 Å². The van der Waals surface area contributed by atoms with Crippen LogP contribution in [0.25, 0.3) is 11.2 Å². The van der Waals surface area contributed by atoms with Crippen molar-refractivity contribution >= 4 is 34.6 Å². The fourth-order valence-corrected chi connectivity index (χ4v) is 3.77. The number of carbonyl (C=O) groups excluding carboxylic acids is 1. The normalized spacial score (nSPS) is 14.6. The van der Waals surface area contributed by atoms with E-state index in [-0.39, 0.29) is 35.1 Å². The third-order valence-corrected chi connectivity index (χ3v) is 5.56. The number of aromatic nitrogens is 3. The summed E-state index contributed by atoms with van der Waals surface area (Å²) in [6.45, 7) is 1.09. The van der Waals surface area contributed by atoms with Gasteiger partial charge in [-0.2, -0.15) is 4.98 Å². The van der Waals surface area contributed by atoms with Crippen LogP contribution in [0.4, 0.5) is 19.4 Å². The van der Waals surface area contributed by atoms with Crippen molar-refractivity contribution in [1.29, 1.82) is 0 Å². The zero-order valence-corrected chi connectivity index (χ0v) is 18.4. The highest BCUT2D eigenvalue weighted by Crippen LogP contribution is 2.27. The summed E-state index contributed by atoms with van der Waals surface area (Å²) in [5.74, 6) is -1.04. The topological polar surface area (TPSA) is 86.4 Å². The molecular formula is C21H23ClF2N6O2. The second kappa shape index (κ2) is 9.15. The highest BCUT2D eigenvalue weighted by molar-refractivity contribution is 6.33. The van der Waals surface area contributed by atoms with Gasteiger partial charge in [-0.3, -0.25) is 0 Å². The molecule has 0 atom stereocenters. The lowest BCUT2D eigenvalue weighted by Gasteiger charge is -2.33. The van der Waals surface area contributed by atoms with Crippen LogP contribution in [0, 0.1) is 11.6 Å². The van der Waals surface area contributed by atoms with Crippen molar-refractivity contribution in [3.63, 3.8) is 0 Å². The zero-order chi connectivity index (χ0) is 22.8. The Hall–Kier alpha value is -3.14. The monoisotopic (exact) mass is 464 g/mol. The molecule has 0 aliphatic carbocycles. The number of nitrogens with one attached hydrogen (secondary N) is 2. The molecule has 3 aromatic rings. The molecule has 32 heavy (non-hydrogen) atoms. The van der Waals surface area contributed by atoms with Gasteiger partial charge in [-0.1, -0.05) is 17.7 Å². The molecule has 0 bridgehead atoms. The number of benzene rings is 1. The number of halogens is 3. The molecule has 0 saturated carbocycles. The van der Waals surface area contributed by atoms with Crippen molar-refractivity contribution < 1.29 is 18.3 Å². The maximum Gasteiger partial charge on any atom is 0.319 e. The van der Waals surface area contributed by atoms with Crippen LogP contribution in [0.3, 0.4) is 0 Å². The smallest absolute Gasteiger partial charge is 0.319 e. The standard InChI is InChI=1S/C21H23ClF2N6O2/c1-29(2)21(31)30-8-6-12(7-9-30)32-20-26-17-10-14(22)18(27-19(17)28-20)25-11-13-15(23)4-3-5-16(13)24/h3-5,10,12H,6-9,11H2,1-2H3,(H2,25,26,27,28). The van der Waals surface area contributed by atoms with Crippen LogP contribution in [0.2, 0.25) is 5.02 Å². The molecule has 170 valence electrons. The quantitative estimate of drug-likeness (QED) is 0.595. The highest BCUT2D eigenvalue weighted by atomic mass is 35.5. The third-order valence-electron chi connectivity index (χ3n) is 5.27. The molecule has 0 radical (unpaired) electrons. The van der Waals surface area contributed by atoms with Crippen molar-refractivity contribution in [2.75, 3.05) is 32.5 Å². The van der Waals surface area contributed by atoms with Gasteiger partial charge < -0.3 is 24.8 Å². The van der Waals surface area contributed by atoms with Gasteiger partial charge >= 0.3 is 6.03 Å². The second-order valence-electron chi connectivity index (χ2n) is 7.77. The lowest BCUT2D eigenvalue weighted by molar-refractivity contribution is 0.0958. The number of anilines is 1. The summed E-state index contributed by atoms with van der Waals surface area (Å²) in [7, 11) is 3.46. The Labute approximate surface area is 188 Å². The van der Waals surface area contributed by atoms with Gasteiger partial charge in [0, 0.05) is 52.1 Å². The van der Waals surface area contributed by atoms with E-state index in [0.29, 0.717) is 43.1 Å². The zero-order valence-electron chi connectivity index (χ0n) is 17.7. The van der Waals surface area contributed by atoms with Crippen LogP contribution >= 0.6 is 11.6 Å². The van der Waals surface area contributed by atoms with Crippen LogP contribution in [0.1, 0.15) is 18.4 Å². The van der Waals surface area contributed by atoms with Crippen LogP contribution in [-0.2, 0) is 6.54 Å². The molecule has 3 heterocycles.